The third kappa shape index (κ3) is 3.78. The Hall–Kier alpha value is -5.74. The van der Waals surface area contributed by atoms with Crippen LogP contribution in [0.4, 0.5) is 0 Å². The minimum absolute atomic E-state index is 0.133. The lowest BCUT2D eigenvalue weighted by atomic mass is 10.0. The van der Waals surface area contributed by atoms with Gasteiger partial charge < -0.3 is 9.13 Å². The molecule has 8 aromatic rings. The number of benzene rings is 5. The van der Waals surface area contributed by atoms with Gasteiger partial charge in [0.25, 0.3) is 0 Å². The number of hydrogen-bond donors (Lipinski definition) is 0. The lowest BCUT2D eigenvalue weighted by molar-refractivity contribution is 0.740. The number of hydrogen-bond acceptors (Lipinski definition) is 2. The number of aliphatic imine (C=N–C) groups is 1. The summed E-state index contributed by atoms with van der Waals surface area (Å²) in [4.78, 5) is 9.99. The summed E-state index contributed by atoms with van der Waals surface area (Å²) in [5.74, 6) is 0. The summed E-state index contributed by atoms with van der Waals surface area (Å²) in [6.45, 7) is 0. The minimum Gasteiger partial charge on any atom is -0.306 e. The second-order valence-corrected chi connectivity index (χ2v) is 11.4. The first kappa shape index (κ1) is 24.8. The third-order valence-electron chi connectivity index (χ3n) is 8.92. The van der Waals surface area contributed by atoms with Gasteiger partial charge in [-0.05, 0) is 36.2 Å². The number of dihydropyridines is 1. The van der Waals surface area contributed by atoms with Crippen molar-refractivity contribution in [2.75, 3.05) is 0 Å². The van der Waals surface area contributed by atoms with Crippen molar-refractivity contribution in [3.8, 4) is 16.9 Å². The molecule has 0 saturated heterocycles. The third-order valence-corrected chi connectivity index (χ3v) is 8.92. The van der Waals surface area contributed by atoms with E-state index in [1.807, 2.05) is 12.3 Å². The summed E-state index contributed by atoms with van der Waals surface area (Å²) in [6, 6.07) is 47.4. The van der Waals surface area contributed by atoms with Crippen molar-refractivity contribution in [2.45, 2.75) is 12.5 Å². The van der Waals surface area contributed by atoms with Gasteiger partial charge in [0.15, 0.2) is 0 Å². The monoisotopic (exact) mass is 564 g/mol. The molecule has 1 aliphatic rings. The topological polar surface area (TPSA) is 35.1 Å². The minimum atomic E-state index is 0.133. The van der Waals surface area contributed by atoms with E-state index < -0.39 is 0 Å². The largest absolute Gasteiger partial charge is 0.306 e. The molecule has 0 fully saturated rings. The molecule has 4 nitrogen and oxygen atoms in total. The van der Waals surface area contributed by atoms with Crippen molar-refractivity contribution < 1.29 is 0 Å². The van der Waals surface area contributed by atoms with Crippen LogP contribution in [-0.4, -0.2) is 20.3 Å². The summed E-state index contributed by atoms with van der Waals surface area (Å²) in [5, 5.41) is 4.91. The Morgan fingerprint density at radius 1 is 0.545 bits per heavy atom. The summed E-state index contributed by atoms with van der Waals surface area (Å²) < 4.78 is 4.80. The first-order valence-corrected chi connectivity index (χ1v) is 15.1. The predicted molar refractivity (Wildman–Crippen MR) is 184 cm³/mol. The van der Waals surface area contributed by atoms with Crippen LogP contribution in [0.15, 0.2) is 151 Å². The molecule has 0 amide bonds. The molecule has 208 valence electrons. The molecule has 9 rings (SSSR count). The predicted octanol–water partition coefficient (Wildman–Crippen LogP) is 10.0. The first-order chi connectivity index (χ1) is 21.8. The number of nitrogens with zero attached hydrogens (tertiary/aromatic N) is 4. The van der Waals surface area contributed by atoms with Crippen molar-refractivity contribution in [2.24, 2.45) is 4.99 Å². The van der Waals surface area contributed by atoms with Gasteiger partial charge in [-0.1, -0.05) is 115 Å². The summed E-state index contributed by atoms with van der Waals surface area (Å²) in [7, 11) is 0. The van der Waals surface area contributed by atoms with Crippen LogP contribution in [0.3, 0.4) is 0 Å². The maximum absolute atomic E-state index is 5.06. The van der Waals surface area contributed by atoms with E-state index >= 15 is 0 Å². The summed E-state index contributed by atoms with van der Waals surface area (Å²) in [5.41, 5.74) is 10.2. The highest BCUT2D eigenvalue weighted by Gasteiger charge is 2.23. The molecule has 4 heterocycles. The van der Waals surface area contributed by atoms with Gasteiger partial charge in [-0.15, -0.1) is 0 Å². The molecule has 0 aliphatic carbocycles. The number of rotatable bonds is 4. The van der Waals surface area contributed by atoms with E-state index in [0.29, 0.717) is 0 Å². The maximum atomic E-state index is 5.06. The smallest absolute Gasteiger partial charge is 0.0789 e. The highest BCUT2D eigenvalue weighted by Crippen LogP contribution is 2.42. The second-order valence-electron chi connectivity index (χ2n) is 11.4. The molecule has 0 saturated carbocycles. The first-order valence-electron chi connectivity index (χ1n) is 15.1. The fourth-order valence-corrected chi connectivity index (χ4v) is 6.89. The van der Waals surface area contributed by atoms with E-state index in [4.69, 9.17) is 9.98 Å². The molecule has 0 N–H and O–H groups in total. The van der Waals surface area contributed by atoms with Crippen LogP contribution in [-0.2, 0) is 0 Å². The zero-order valence-electron chi connectivity index (χ0n) is 24.0. The lowest BCUT2D eigenvalue weighted by Crippen LogP contribution is -2.07. The molecule has 1 unspecified atom stereocenters. The average Bonchev–Trinajstić information content (AvgIpc) is 3.62. The van der Waals surface area contributed by atoms with Gasteiger partial charge in [0, 0.05) is 33.3 Å². The Balaban J connectivity index is 1.32. The highest BCUT2D eigenvalue weighted by atomic mass is 15.1. The normalized spacial score (nSPS) is 15.0. The van der Waals surface area contributed by atoms with Gasteiger partial charge >= 0.3 is 0 Å². The SMILES string of the molecule is C1=NC(c2ccccc2)CC=C1n1c2ccccc2c2ccc3c4ccccc4n(-c4ccc(-c5ccccc5)nc4)c3c21. The molecule has 1 aliphatic heterocycles. The Bertz CT molecular complexity index is 2390. The van der Waals surface area contributed by atoms with Gasteiger partial charge in [0.1, 0.15) is 0 Å². The molecule has 0 bridgehead atoms. The maximum Gasteiger partial charge on any atom is 0.0789 e. The molecule has 4 heteroatoms. The molecule has 0 radical (unpaired) electrons. The molecular formula is C40H28N4. The van der Waals surface area contributed by atoms with E-state index in [1.165, 1.54) is 43.7 Å². The van der Waals surface area contributed by atoms with Crippen LogP contribution in [0.1, 0.15) is 18.0 Å². The second kappa shape index (κ2) is 9.92. The Labute approximate surface area is 254 Å². The standard InChI is InChI=1S/C40H28N4/c1-3-11-27(12-4-1)35-23-19-29(25-41-35)43-37-17-9-7-15-31(37)33-21-22-34-32-16-8-10-18-38(32)44(40(34)39(33)43)30-20-24-36(42-26-30)28-13-5-2-6-14-28/h1-23,25-26,36H,24H2. The Morgan fingerprint density at radius 2 is 1.16 bits per heavy atom. The molecular weight excluding hydrogens is 536 g/mol. The number of allylic oxidation sites excluding steroid dienone is 1. The van der Waals surface area contributed by atoms with Gasteiger partial charge in [-0.3, -0.25) is 9.98 Å². The summed E-state index contributed by atoms with van der Waals surface area (Å²) in [6.07, 6.45) is 7.27. The van der Waals surface area contributed by atoms with Crippen molar-refractivity contribution in [1.29, 1.82) is 0 Å². The van der Waals surface area contributed by atoms with Crippen LogP contribution in [0.25, 0.3) is 66.3 Å². The van der Waals surface area contributed by atoms with Crippen molar-refractivity contribution >= 4 is 55.5 Å². The van der Waals surface area contributed by atoms with Gasteiger partial charge in [-0.25, -0.2) is 0 Å². The molecule has 0 spiro atoms. The van der Waals surface area contributed by atoms with Crippen LogP contribution >= 0.6 is 0 Å². The van der Waals surface area contributed by atoms with Gasteiger partial charge in [0.05, 0.1) is 51.4 Å². The Kier molecular flexibility index (Phi) is 5.60. The van der Waals surface area contributed by atoms with Gasteiger partial charge in [-0.2, -0.15) is 0 Å². The number of para-hydroxylation sites is 2. The van der Waals surface area contributed by atoms with Crippen LogP contribution in [0.2, 0.25) is 0 Å². The van der Waals surface area contributed by atoms with Crippen LogP contribution in [0, 0.1) is 0 Å². The lowest BCUT2D eigenvalue weighted by Gasteiger charge is -2.18. The highest BCUT2D eigenvalue weighted by molar-refractivity contribution is 6.26. The molecule has 5 aromatic carbocycles. The van der Waals surface area contributed by atoms with Crippen molar-refractivity contribution in [3.05, 3.63) is 151 Å². The average molecular weight is 565 g/mol. The van der Waals surface area contributed by atoms with E-state index in [2.05, 4.69) is 149 Å². The van der Waals surface area contributed by atoms with E-state index in [1.54, 1.807) is 0 Å². The van der Waals surface area contributed by atoms with Crippen molar-refractivity contribution in [1.82, 2.24) is 14.1 Å². The van der Waals surface area contributed by atoms with E-state index in [0.717, 1.165) is 34.6 Å². The summed E-state index contributed by atoms with van der Waals surface area (Å²) >= 11 is 0. The zero-order chi connectivity index (χ0) is 29.0. The molecule has 1 atom stereocenters. The fraction of sp³-hybridized carbons (Fsp3) is 0.0500. The van der Waals surface area contributed by atoms with Gasteiger partial charge in [0.2, 0.25) is 0 Å². The van der Waals surface area contributed by atoms with E-state index in [9.17, 15) is 0 Å². The fourth-order valence-electron chi connectivity index (χ4n) is 6.89. The van der Waals surface area contributed by atoms with Crippen molar-refractivity contribution in [3.63, 3.8) is 0 Å². The number of aromatic nitrogens is 3. The Morgan fingerprint density at radius 3 is 1.80 bits per heavy atom. The molecule has 44 heavy (non-hydrogen) atoms. The number of fused-ring (bicyclic) bond motifs is 7. The van der Waals surface area contributed by atoms with Crippen LogP contribution in [0.5, 0.6) is 0 Å². The van der Waals surface area contributed by atoms with Crippen LogP contribution < -0.4 is 0 Å². The molecule has 3 aromatic heterocycles. The number of pyridine rings is 1. The van der Waals surface area contributed by atoms with E-state index in [-0.39, 0.29) is 6.04 Å². The quantitative estimate of drug-likeness (QED) is 0.209. The zero-order valence-corrected chi connectivity index (χ0v) is 24.0.